The van der Waals surface area contributed by atoms with Crippen molar-refractivity contribution in [1.82, 2.24) is 4.90 Å². The lowest BCUT2D eigenvalue weighted by Crippen LogP contribution is -2.48. The van der Waals surface area contributed by atoms with Crippen molar-refractivity contribution in [2.45, 2.75) is 5.37 Å². The Morgan fingerprint density at radius 1 is 1.11 bits per heavy atom. The molecule has 2 atom stereocenters. The number of ether oxygens (including phenoxy) is 1. The Labute approximate surface area is 166 Å². The molecule has 0 bridgehead atoms. The lowest BCUT2D eigenvalue weighted by molar-refractivity contribution is 0.0598. The highest BCUT2D eigenvalue weighted by atomic mass is 35.5. The van der Waals surface area contributed by atoms with Crippen LogP contribution in [-0.4, -0.2) is 52.9 Å². The first-order valence-electron chi connectivity index (χ1n) is 8.51. The minimum atomic E-state index is -2.41. The van der Waals surface area contributed by atoms with Crippen LogP contribution in [0.15, 0.2) is 48.5 Å². The van der Waals surface area contributed by atoms with Gasteiger partial charge in [-0.3, -0.25) is 9.11 Å². The van der Waals surface area contributed by atoms with Gasteiger partial charge < -0.3 is 14.2 Å². The predicted molar refractivity (Wildman–Crippen MR) is 105 cm³/mol. The molecule has 6 nitrogen and oxygen atoms in total. The van der Waals surface area contributed by atoms with Crippen LogP contribution in [0.3, 0.4) is 0 Å². The van der Waals surface area contributed by atoms with Crippen LogP contribution >= 0.6 is 11.6 Å². The second-order valence-corrected chi connectivity index (χ2v) is 7.60. The summed E-state index contributed by atoms with van der Waals surface area (Å²) in [6, 6.07) is 14.3. The summed E-state index contributed by atoms with van der Waals surface area (Å²) >= 11 is 3.53. The van der Waals surface area contributed by atoms with Crippen LogP contribution in [0.5, 0.6) is 0 Å². The number of benzene rings is 2. The molecule has 0 N–H and O–H groups in total. The van der Waals surface area contributed by atoms with E-state index in [-0.39, 0.29) is 5.56 Å². The van der Waals surface area contributed by atoms with Gasteiger partial charge in [0, 0.05) is 36.9 Å². The van der Waals surface area contributed by atoms with Gasteiger partial charge >= 0.3 is 5.97 Å². The summed E-state index contributed by atoms with van der Waals surface area (Å²) in [6.07, 6.45) is 0. The van der Waals surface area contributed by atoms with Crippen molar-refractivity contribution in [3.05, 3.63) is 64.7 Å². The van der Waals surface area contributed by atoms with Crippen LogP contribution in [-0.2, 0) is 15.8 Å². The van der Waals surface area contributed by atoms with Gasteiger partial charge in [-0.15, -0.1) is 0 Å². The van der Waals surface area contributed by atoms with Crippen molar-refractivity contribution in [2.24, 2.45) is 0 Å². The van der Waals surface area contributed by atoms with E-state index in [0.29, 0.717) is 36.8 Å². The number of hydrogen-bond acceptors (Lipinski definition) is 6. The van der Waals surface area contributed by atoms with Gasteiger partial charge in [-0.05, 0) is 47.0 Å². The van der Waals surface area contributed by atoms with E-state index in [1.54, 1.807) is 24.3 Å². The maximum Gasteiger partial charge on any atom is 0.338 e. The van der Waals surface area contributed by atoms with Crippen molar-refractivity contribution in [3.63, 3.8) is 0 Å². The van der Waals surface area contributed by atoms with E-state index in [1.165, 1.54) is 7.11 Å². The third kappa shape index (κ3) is 4.50. The monoisotopic (exact) mass is 407 g/mol. The quantitative estimate of drug-likeness (QED) is 0.560. The molecule has 2 aromatic carbocycles. The largest absolute Gasteiger partial charge is 0.771 e. The van der Waals surface area contributed by atoms with Crippen LogP contribution in [0.25, 0.3) is 0 Å². The second-order valence-electron chi connectivity index (χ2n) is 6.19. The molecule has 0 radical (unpaired) electrons. The van der Waals surface area contributed by atoms with Crippen molar-refractivity contribution in [3.8, 4) is 0 Å². The Kier molecular flexibility index (Phi) is 6.49. The van der Waals surface area contributed by atoms with E-state index in [1.807, 2.05) is 29.2 Å². The van der Waals surface area contributed by atoms with Crippen LogP contribution in [0.2, 0.25) is 5.02 Å². The summed E-state index contributed by atoms with van der Waals surface area (Å²) in [5, 5.41) is -0.216. The van der Waals surface area contributed by atoms with Crippen molar-refractivity contribution in [1.29, 1.82) is 0 Å². The molecule has 1 heterocycles. The van der Waals surface area contributed by atoms with Gasteiger partial charge in [0.2, 0.25) is 0 Å². The van der Waals surface area contributed by atoms with Crippen LogP contribution in [0, 0.1) is 0 Å². The van der Waals surface area contributed by atoms with Crippen molar-refractivity contribution >= 4 is 34.3 Å². The molecular formula is C19H20ClN2O4S-. The van der Waals surface area contributed by atoms with E-state index < -0.39 is 22.4 Å². The summed E-state index contributed by atoms with van der Waals surface area (Å²) in [5.74, 6) is -0.541. The molecule has 1 aliphatic rings. The number of esters is 1. The number of anilines is 1. The fraction of sp³-hybridized carbons (Fsp3) is 0.316. The van der Waals surface area contributed by atoms with Crippen LogP contribution in [0.4, 0.5) is 5.69 Å². The Morgan fingerprint density at radius 3 is 2.33 bits per heavy atom. The molecule has 27 heavy (non-hydrogen) atoms. The smallest absolute Gasteiger partial charge is 0.338 e. The third-order valence-electron chi connectivity index (χ3n) is 4.65. The minimum Gasteiger partial charge on any atom is -0.771 e. The van der Waals surface area contributed by atoms with Crippen LogP contribution in [0.1, 0.15) is 21.3 Å². The predicted octanol–water partition coefficient (Wildman–Crippen LogP) is 2.83. The number of nitrogens with zero attached hydrogens (tertiary/aromatic N) is 2. The second kappa shape index (κ2) is 8.84. The lowest BCUT2D eigenvalue weighted by Gasteiger charge is -2.41. The zero-order valence-corrected chi connectivity index (χ0v) is 16.4. The highest BCUT2D eigenvalue weighted by Crippen LogP contribution is 2.29. The van der Waals surface area contributed by atoms with Gasteiger partial charge in [0.05, 0.1) is 18.0 Å². The van der Waals surface area contributed by atoms with Gasteiger partial charge in [0.15, 0.2) is 0 Å². The molecule has 1 aliphatic heterocycles. The van der Waals surface area contributed by atoms with Gasteiger partial charge in [0.25, 0.3) is 0 Å². The van der Waals surface area contributed by atoms with Crippen LogP contribution < -0.4 is 4.90 Å². The van der Waals surface area contributed by atoms with Gasteiger partial charge in [-0.1, -0.05) is 29.8 Å². The van der Waals surface area contributed by atoms with Gasteiger partial charge in [0.1, 0.15) is 0 Å². The molecule has 2 aromatic rings. The topological polar surface area (TPSA) is 72.9 Å². The fourth-order valence-electron chi connectivity index (χ4n) is 3.30. The van der Waals surface area contributed by atoms with E-state index in [2.05, 4.69) is 4.90 Å². The average molecular weight is 408 g/mol. The van der Waals surface area contributed by atoms with Crippen molar-refractivity contribution in [2.75, 3.05) is 38.2 Å². The Balaban J connectivity index is 1.79. The fourth-order valence-corrected chi connectivity index (χ4v) is 4.29. The number of methoxy groups -OCH3 is 1. The number of carbonyl (C=O) groups excluding carboxylic acids is 1. The molecule has 0 saturated carbocycles. The molecule has 0 amide bonds. The zero-order chi connectivity index (χ0) is 19.4. The highest BCUT2D eigenvalue weighted by molar-refractivity contribution is 7.79. The Hall–Kier alpha value is -1.93. The number of halogens is 1. The van der Waals surface area contributed by atoms with E-state index in [0.717, 1.165) is 5.69 Å². The first-order chi connectivity index (χ1) is 13.0. The normalized spacial score (nSPS) is 17.4. The molecule has 3 rings (SSSR count). The highest BCUT2D eigenvalue weighted by Gasteiger charge is 2.29. The molecule has 0 spiro atoms. The SMILES string of the molecule is COC(=O)c1ccccc1C(N1CCN(c2ccc(Cl)cc2)CC1)S(=O)[O-]. The molecule has 8 heteroatoms. The molecular weight excluding hydrogens is 388 g/mol. The third-order valence-corrected chi connectivity index (χ3v) is 5.82. The molecule has 1 saturated heterocycles. The maximum atomic E-state index is 12.0. The molecule has 1 fully saturated rings. The van der Waals surface area contributed by atoms with Crippen molar-refractivity contribution < 1.29 is 18.3 Å². The summed E-state index contributed by atoms with van der Waals surface area (Å²) < 4.78 is 28.9. The summed E-state index contributed by atoms with van der Waals surface area (Å²) in [4.78, 5) is 16.1. The summed E-state index contributed by atoms with van der Waals surface area (Å²) in [7, 11) is 1.28. The maximum absolute atomic E-state index is 12.0. The van der Waals surface area contributed by atoms with E-state index in [9.17, 15) is 13.6 Å². The molecule has 144 valence electrons. The minimum absolute atomic E-state index is 0.273. The number of hydrogen-bond donors (Lipinski definition) is 0. The molecule has 2 unspecified atom stereocenters. The van der Waals surface area contributed by atoms with Gasteiger partial charge in [-0.25, -0.2) is 4.79 Å². The zero-order valence-electron chi connectivity index (χ0n) is 14.8. The first kappa shape index (κ1) is 19.8. The van der Waals surface area contributed by atoms with Gasteiger partial charge in [-0.2, -0.15) is 0 Å². The Bertz CT molecular complexity index is 823. The summed E-state index contributed by atoms with van der Waals surface area (Å²) in [6.45, 7) is 2.46. The standard InChI is InChI=1S/C19H21ClN2O4S/c1-26-19(23)17-5-3-2-4-16(17)18(27(24)25)22-12-10-21(11-13-22)15-8-6-14(20)7-9-15/h2-9,18H,10-13H2,1H3,(H,24,25)/p-1. The summed E-state index contributed by atoms with van der Waals surface area (Å²) in [5.41, 5.74) is 1.76. The first-order valence-corrected chi connectivity index (χ1v) is 10.0. The molecule has 0 aromatic heterocycles. The Morgan fingerprint density at radius 2 is 1.74 bits per heavy atom. The number of carbonyl (C=O) groups is 1. The molecule has 0 aliphatic carbocycles. The number of piperazine rings is 1. The average Bonchev–Trinajstić information content (AvgIpc) is 2.69. The lowest BCUT2D eigenvalue weighted by atomic mass is 10.1. The van der Waals surface area contributed by atoms with E-state index >= 15 is 0 Å². The van der Waals surface area contributed by atoms with E-state index in [4.69, 9.17) is 16.3 Å². The number of rotatable bonds is 5.